The van der Waals surface area contributed by atoms with Gasteiger partial charge in [-0.1, -0.05) is 30.3 Å². The summed E-state index contributed by atoms with van der Waals surface area (Å²) in [5.74, 6) is -0.655. The lowest BCUT2D eigenvalue weighted by molar-refractivity contribution is 0.0659. The van der Waals surface area contributed by atoms with Crippen LogP contribution in [0.1, 0.15) is 27.7 Å². The highest BCUT2D eigenvalue weighted by Gasteiger charge is 2.15. The second-order valence-electron chi connectivity index (χ2n) is 3.81. The third kappa shape index (κ3) is 2.72. The molecule has 0 unspecified atom stereocenters. The average Bonchev–Trinajstić information content (AvgIpc) is 2.69. The summed E-state index contributed by atoms with van der Waals surface area (Å²) in [5, 5.41) is 8.83. The Morgan fingerprint density at radius 3 is 2.59 bits per heavy atom. The minimum atomic E-state index is -1.07. The van der Waals surface area contributed by atoms with E-state index in [2.05, 4.69) is 4.98 Å². The highest BCUT2D eigenvalue weighted by Crippen LogP contribution is 2.12. The number of nitrogens with zero attached hydrogens (tertiary/aromatic N) is 1. The molecule has 0 saturated heterocycles. The van der Waals surface area contributed by atoms with Crippen molar-refractivity contribution in [3.8, 4) is 0 Å². The number of oxazole rings is 1. The molecule has 0 atom stereocenters. The molecule has 0 radical (unpaired) electrons. The first-order chi connectivity index (χ1) is 8.16. The van der Waals surface area contributed by atoms with Crippen LogP contribution in [0.4, 0.5) is 0 Å². The van der Waals surface area contributed by atoms with Crippen molar-refractivity contribution in [1.29, 1.82) is 0 Å². The Morgan fingerprint density at radius 1 is 1.29 bits per heavy atom. The zero-order valence-electron chi connectivity index (χ0n) is 9.51. The van der Waals surface area contributed by atoms with Crippen molar-refractivity contribution >= 4 is 5.97 Å². The van der Waals surface area contributed by atoms with Gasteiger partial charge in [0.25, 0.3) is 0 Å². The third-order valence-corrected chi connectivity index (χ3v) is 2.51. The van der Waals surface area contributed by atoms with Gasteiger partial charge in [0, 0.05) is 6.42 Å². The van der Waals surface area contributed by atoms with Gasteiger partial charge in [0.05, 0.1) is 5.69 Å². The second kappa shape index (κ2) is 4.82. The van der Waals surface area contributed by atoms with Crippen molar-refractivity contribution in [2.45, 2.75) is 19.8 Å². The van der Waals surface area contributed by atoms with Gasteiger partial charge in [-0.2, -0.15) is 0 Å². The fourth-order valence-electron chi connectivity index (χ4n) is 1.65. The lowest BCUT2D eigenvalue weighted by Gasteiger charge is -1.97. The normalized spacial score (nSPS) is 10.4. The van der Waals surface area contributed by atoms with E-state index in [1.807, 2.05) is 30.3 Å². The topological polar surface area (TPSA) is 63.3 Å². The van der Waals surface area contributed by atoms with Gasteiger partial charge in [-0.05, 0) is 18.9 Å². The summed E-state index contributed by atoms with van der Waals surface area (Å²) in [5.41, 5.74) is 1.61. The molecule has 4 heteroatoms. The van der Waals surface area contributed by atoms with Gasteiger partial charge in [0.2, 0.25) is 5.76 Å². The summed E-state index contributed by atoms with van der Waals surface area (Å²) in [6.45, 7) is 1.64. The Morgan fingerprint density at radius 2 is 2.00 bits per heavy atom. The van der Waals surface area contributed by atoms with Gasteiger partial charge in [0.1, 0.15) is 0 Å². The molecule has 0 aliphatic carbocycles. The molecule has 2 aromatic rings. The quantitative estimate of drug-likeness (QED) is 0.877. The van der Waals surface area contributed by atoms with E-state index in [9.17, 15) is 4.79 Å². The van der Waals surface area contributed by atoms with Crippen LogP contribution in [0.3, 0.4) is 0 Å². The molecule has 0 aliphatic rings. The van der Waals surface area contributed by atoms with Gasteiger partial charge in [-0.15, -0.1) is 0 Å². The van der Waals surface area contributed by atoms with Crippen molar-refractivity contribution in [3.63, 3.8) is 0 Å². The Labute approximate surface area is 98.9 Å². The van der Waals surface area contributed by atoms with Crippen LogP contribution in [0.15, 0.2) is 34.7 Å². The maximum absolute atomic E-state index is 10.8. The fraction of sp³-hybridized carbons (Fsp3) is 0.231. The number of hydrogen-bond donors (Lipinski definition) is 1. The zero-order chi connectivity index (χ0) is 12.3. The predicted molar refractivity (Wildman–Crippen MR) is 62.0 cm³/mol. The van der Waals surface area contributed by atoms with E-state index in [4.69, 9.17) is 9.52 Å². The number of rotatable bonds is 4. The second-order valence-corrected chi connectivity index (χ2v) is 3.81. The van der Waals surface area contributed by atoms with Gasteiger partial charge in [-0.25, -0.2) is 9.78 Å². The molecule has 2 rings (SSSR count). The van der Waals surface area contributed by atoms with Crippen molar-refractivity contribution in [2.75, 3.05) is 0 Å². The molecule has 1 heterocycles. The Balaban J connectivity index is 2.05. The average molecular weight is 231 g/mol. The smallest absolute Gasteiger partial charge is 0.373 e. The molecule has 0 amide bonds. The third-order valence-electron chi connectivity index (χ3n) is 2.51. The summed E-state index contributed by atoms with van der Waals surface area (Å²) in [6, 6.07) is 9.95. The monoisotopic (exact) mass is 231 g/mol. The van der Waals surface area contributed by atoms with E-state index in [0.717, 1.165) is 6.42 Å². The number of benzene rings is 1. The first kappa shape index (κ1) is 11.4. The van der Waals surface area contributed by atoms with Crippen LogP contribution in [-0.4, -0.2) is 16.1 Å². The van der Waals surface area contributed by atoms with Crippen molar-refractivity contribution in [2.24, 2.45) is 0 Å². The summed E-state index contributed by atoms with van der Waals surface area (Å²) in [4.78, 5) is 14.9. The summed E-state index contributed by atoms with van der Waals surface area (Å²) >= 11 is 0. The summed E-state index contributed by atoms with van der Waals surface area (Å²) in [6.07, 6.45) is 1.40. The predicted octanol–water partition coefficient (Wildman–Crippen LogP) is 2.47. The van der Waals surface area contributed by atoms with Crippen LogP contribution in [0, 0.1) is 6.92 Å². The highest BCUT2D eigenvalue weighted by molar-refractivity contribution is 5.85. The lowest BCUT2D eigenvalue weighted by Crippen LogP contribution is -1.95. The Hall–Kier alpha value is -2.10. The van der Waals surface area contributed by atoms with Crippen molar-refractivity contribution < 1.29 is 14.3 Å². The summed E-state index contributed by atoms with van der Waals surface area (Å²) < 4.78 is 5.19. The molecule has 1 aromatic heterocycles. The minimum Gasteiger partial charge on any atom is -0.475 e. The van der Waals surface area contributed by atoms with Crippen LogP contribution in [0.2, 0.25) is 0 Å². The van der Waals surface area contributed by atoms with Gasteiger partial charge < -0.3 is 9.52 Å². The SMILES string of the molecule is Cc1nc(CCc2ccccc2)oc1C(=O)O. The first-order valence-corrected chi connectivity index (χ1v) is 5.40. The van der Waals surface area contributed by atoms with E-state index in [-0.39, 0.29) is 5.76 Å². The Kier molecular flexibility index (Phi) is 3.23. The molecule has 0 fully saturated rings. The molecule has 1 N–H and O–H groups in total. The molecule has 4 nitrogen and oxygen atoms in total. The molecule has 1 aromatic carbocycles. The van der Waals surface area contributed by atoms with E-state index in [1.165, 1.54) is 5.56 Å². The van der Waals surface area contributed by atoms with Crippen LogP contribution in [0.25, 0.3) is 0 Å². The van der Waals surface area contributed by atoms with Crippen LogP contribution in [-0.2, 0) is 12.8 Å². The lowest BCUT2D eigenvalue weighted by atomic mass is 10.1. The maximum atomic E-state index is 10.8. The number of carboxylic acids is 1. The van der Waals surface area contributed by atoms with Crippen LogP contribution >= 0.6 is 0 Å². The molecule has 0 saturated carbocycles. The molecular weight excluding hydrogens is 218 g/mol. The van der Waals surface area contributed by atoms with Crippen molar-refractivity contribution in [1.82, 2.24) is 4.98 Å². The minimum absolute atomic E-state index is 0.0620. The largest absolute Gasteiger partial charge is 0.475 e. The fourth-order valence-corrected chi connectivity index (χ4v) is 1.65. The molecular formula is C13H13NO3. The van der Waals surface area contributed by atoms with Crippen molar-refractivity contribution in [3.05, 3.63) is 53.2 Å². The highest BCUT2D eigenvalue weighted by atomic mass is 16.4. The van der Waals surface area contributed by atoms with E-state index < -0.39 is 5.97 Å². The van der Waals surface area contributed by atoms with E-state index >= 15 is 0 Å². The van der Waals surface area contributed by atoms with Gasteiger partial charge >= 0.3 is 5.97 Å². The number of aryl methyl sites for hydroxylation is 3. The molecule has 0 spiro atoms. The number of aromatic carboxylic acids is 1. The van der Waals surface area contributed by atoms with Crippen LogP contribution in [0.5, 0.6) is 0 Å². The summed E-state index contributed by atoms with van der Waals surface area (Å²) in [7, 11) is 0. The molecule has 0 aliphatic heterocycles. The first-order valence-electron chi connectivity index (χ1n) is 5.40. The molecule has 88 valence electrons. The van der Waals surface area contributed by atoms with Gasteiger partial charge in [0.15, 0.2) is 5.89 Å². The standard InChI is InChI=1S/C13H13NO3/c1-9-12(13(15)16)17-11(14-9)8-7-10-5-3-2-4-6-10/h2-6H,7-8H2,1H3,(H,15,16). The maximum Gasteiger partial charge on any atom is 0.373 e. The molecule has 17 heavy (non-hydrogen) atoms. The van der Waals surface area contributed by atoms with Gasteiger partial charge in [-0.3, -0.25) is 0 Å². The Bertz CT molecular complexity index is 517. The van der Waals surface area contributed by atoms with Crippen LogP contribution < -0.4 is 0 Å². The number of carboxylic acid groups (broad SMARTS) is 1. The van der Waals surface area contributed by atoms with E-state index in [1.54, 1.807) is 6.92 Å². The molecule has 0 bridgehead atoms. The number of aromatic nitrogens is 1. The number of carbonyl (C=O) groups is 1. The van der Waals surface area contributed by atoms with E-state index in [0.29, 0.717) is 18.0 Å². The zero-order valence-corrected chi connectivity index (χ0v) is 9.51. The number of hydrogen-bond acceptors (Lipinski definition) is 3.